The minimum atomic E-state index is -1.01. The number of carbonyl (C=O) groups is 1. The van der Waals surface area contributed by atoms with Crippen LogP contribution < -0.4 is 4.74 Å². The number of hydrogen-bond acceptors (Lipinski definition) is 5. The van der Waals surface area contributed by atoms with Gasteiger partial charge >= 0.3 is 5.97 Å². The monoisotopic (exact) mass is 586 g/mol. The van der Waals surface area contributed by atoms with Crippen LogP contribution in [0.4, 0.5) is 13.2 Å². The molecule has 3 aromatic carbocycles. The lowest BCUT2D eigenvalue weighted by Gasteiger charge is -2.17. The largest absolute Gasteiger partial charge is 0.478 e. The number of carboxylic acids is 1. The summed E-state index contributed by atoms with van der Waals surface area (Å²) in [5.41, 5.74) is 3.44. The van der Waals surface area contributed by atoms with Gasteiger partial charge in [0, 0.05) is 18.5 Å². The number of nitrogens with zero attached hydrogens (tertiary/aromatic N) is 4. The highest BCUT2D eigenvalue weighted by Crippen LogP contribution is 2.50. The number of aromatic nitrogens is 4. The van der Waals surface area contributed by atoms with E-state index >= 15 is 4.39 Å². The Morgan fingerprint density at radius 1 is 1.00 bits per heavy atom. The maximum atomic E-state index is 15.4. The molecular formula is C33H29F3N4O3. The van der Waals surface area contributed by atoms with Gasteiger partial charge in [-0.2, -0.15) is 9.37 Å². The molecule has 0 radical (unpaired) electrons. The summed E-state index contributed by atoms with van der Waals surface area (Å²) in [5, 5.41) is 9.53. The Hall–Kier alpha value is -4.73. The third-order valence-corrected chi connectivity index (χ3v) is 8.20. The van der Waals surface area contributed by atoms with Crippen LogP contribution in [0.2, 0.25) is 0 Å². The first-order valence-electron chi connectivity index (χ1n) is 14.1. The first-order chi connectivity index (χ1) is 20.6. The fourth-order valence-corrected chi connectivity index (χ4v) is 5.28. The van der Waals surface area contributed by atoms with Gasteiger partial charge < -0.3 is 14.4 Å². The second kappa shape index (κ2) is 11.2. The lowest BCUT2D eigenvalue weighted by Crippen LogP contribution is -2.14. The molecule has 0 atom stereocenters. The van der Waals surface area contributed by atoms with E-state index in [2.05, 4.69) is 21.5 Å². The highest BCUT2D eigenvalue weighted by atomic mass is 19.1. The first kappa shape index (κ1) is 28.4. The van der Waals surface area contributed by atoms with E-state index in [-0.39, 0.29) is 34.5 Å². The molecule has 6 rings (SSSR count). The van der Waals surface area contributed by atoms with Crippen molar-refractivity contribution in [2.75, 3.05) is 0 Å². The predicted molar refractivity (Wildman–Crippen MR) is 154 cm³/mol. The van der Waals surface area contributed by atoms with Crippen LogP contribution in [-0.4, -0.2) is 30.6 Å². The van der Waals surface area contributed by atoms with Crippen molar-refractivity contribution in [3.05, 3.63) is 106 Å². The summed E-state index contributed by atoms with van der Waals surface area (Å²) in [4.78, 5) is 24.4. The number of rotatable bonds is 10. The number of aryl methyl sites for hydroxylation is 1. The molecule has 2 heterocycles. The first-order valence-corrected chi connectivity index (χ1v) is 14.1. The topological polar surface area (TPSA) is 90.1 Å². The molecule has 0 aliphatic heterocycles. The highest BCUT2D eigenvalue weighted by molar-refractivity contribution is 5.92. The van der Waals surface area contributed by atoms with E-state index in [0.29, 0.717) is 29.9 Å². The van der Waals surface area contributed by atoms with Crippen molar-refractivity contribution < 1.29 is 27.8 Å². The van der Waals surface area contributed by atoms with Crippen LogP contribution in [0.1, 0.15) is 59.1 Å². The van der Waals surface area contributed by atoms with Crippen LogP contribution in [-0.2, 0) is 19.6 Å². The van der Waals surface area contributed by atoms with Gasteiger partial charge in [0.15, 0.2) is 5.82 Å². The van der Waals surface area contributed by atoms with E-state index in [4.69, 9.17) is 9.72 Å². The molecule has 1 saturated carbocycles. The average molecular weight is 587 g/mol. The number of hydrogen-bond donors (Lipinski definition) is 1. The zero-order valence-corrected chi connectivity index (χ0v) is 23.7. The van der Waals surface area contributed by atoms with E-state index in [1.807, 2.05) is 0 Å². The van der Waals surface area contributed by atoms with E-state index in [1.54, 1.807) is 37.3 Å². The summed E-state index contributed by atoms with van der Waals surface area (Å²) in [5.74, 6) is -2.72. The molecule has 1 aliphatic rings. The molecule has 0 unspecified atom stereocenters. The summed E-state index contributed by atoms with van der Waals surface area (Å²) in [6, 6.07) is 14.1. The standard InChI is InChI=1S/C33H29F3N4O3/c1-3-33(10-11-33)18-40-28-15-21(32(41)42)7-9-27(28)38-29(40)14-20-5-8-23(25(35)13-20)30-37-16-26(36)31(39-30)43-17-22-6-4-19(2)12-24(22)34/h4-9,12-13,15-16H,3,10-11,14,17-18H2,1-2H3,(H,41,42). The minimum absolute atomic E-state index is 0.0534. The predicted octanol–water partition coefficient (Wildman–Crippen LogP) is 7.28. The van der Waals surface area contributed by atoms with Crippen LogP contribution in [0.5, 0.6) is 5.88 Å². The van der Waals surface area contributed by atoms with Crippen LogP contribution in [0.3, 0.4) is 0 Å². The highest BCUT2D eigenvalue weighted by Gasteiger charge is 2.41. The number of aromatic carboxylic acids is 1. The number of carboxylic acid groups (broad SMARTS) is 1. The van der Waals surface area contributed by atoms with E-state index < -0.39 is 29.3 Å². The summed E-state index contributed by atoms with van der Waals surface area (Å²) >= 11 is 0. The molecule has 0 bridgehead atoms. The summed E-state index contributed by atoms with van der Waals surface area (Å²) in [6.07, 6.45) is 4.39. The van der Waals surface area contributed by atoms with Crippen molar-refractivity contribution in [3.8, 4) is 17.3 Å². The van der Waals surface area contributed by atoms with Gasteiger partial charge in [-0.25, -0.2) is 23.5 Å². The van der Waals surface area contributed by atoms with Gasteiger partial charge in [-0.05, 0) is 79.1 Å². The fraction of sp³-hybridized carbons (Fsp3) is 0.273. The van der Waals surface area contributed by atoms with Gasteiger partial charge in [0.2, 0.25) is 5.82 Å². The van der Waals surface area contributed by atoms with E-state index in [1.165, 1.54) is 24.3 Å². The molecule has 7 nitrogen and oxygen atoms in total. The summed E-state index contributed by atoms with van der Waals surface area (Å²) in [7, 11) is 0. The lowest BCUT2D eigenvalue weighted by atomic mass is 10.0. The molecule has 1 fully saturated rings. The van der Waals surface area contributed by atoms with Crippen molar-refractivity contribution in [3.63, 3.8) is 0 Å². The Morgan fingerprint density at radius 2 is 1.81 bits per heavy atom. The van der Waals surface area contributed by atoms with Gasteiger partial charge in [0.25, 0.3) is 5.88 Å². The van der Waals surface area contributed by atoms with Gasteiger partial charge in [0.1, 0.15) is 24.1 Å². The minimum Gasteiger partial charge on any atom is -0.478 e. The molecule has 10 heteroatoms. The van der Waals surface area contributed by atoms with Gasteiger partial charge in [-0.15, -0.1) is 0 Å². The zero-order chi connectivity index (χ0) is 30.3. The third kappa shape index (κ3) is 5.82. The maximum absolute atomic E-state index is 15.4. The van der Waals surface area contributed by atoms with Crippen LogP contribution >= 0.6 is 0 Å². The summed E-state index contributed by atoms with van der Waals surface area (Å²) < 4.78 is 51.6. The molecular weight excluding hydrogens is 557 g/mol. The fourth-order valence-electron chi connectivity index (χ4n) is 5.28. The zero-order valence-electron chi connectivity index (χ0n) is 23.7. The second-order valence-corrected chi connectivity index (χ2v) is 11.2. The van der Waals surface area contributed by atoms with Gasteiger partial charge in [0.05, 0.1) is 28.4 Å². The van der Waals surface area contributed by atoms with Crippen LogP contribution in [0.25, 0.3) is 22.4 Å². The molecule has 220 valence electrons. The number of imidazole rings is 1. The number of fused-ring (bicyclic) bond motifs is 1. The third-order valence-electron chi connectivity index (χ3n) is 8.20. The molecule has 5 aromatic rings. The van der Waals surface area contributed by atoms with Crippen molar-refractivity contribution in [1.29, 1.82) is 0 Å². The molecule has 43 heavy (non-hydrogen) atoms. The van der Waals surface area contributed by atoms with Crippen molar-refractivity contribution in [1.82, 2.24) is 19.5 Å². The Bertz CT molecular complexity index is 1870. The quantitative estimate of drug-likeness (QED) is 0.185. The van der Waals surface area contributed by atoms with Gasteiger partial charge in [-0.1, -0.05) is 25.1 Å². The molecule has 0 spiro atoms. The van der Waals surface area contributed by atoms with Crippen molar-refractivity contribution in [2.45, 2.75) is 52.7 Å². The average Bonchev–Trinajstić information content (AvgIpc) is 3.68. The van der Waals surface area contributed by atoms with Crippen molar-refractivity contribution in [2.24, 2.45) is 5.41 Å². The SMILES string of the molecule is CCC1(Cn2c(Cc3ccc(-c4ncc(F)c(OCc5ccc(C)cc5F)n4)c(F)c3)nc3ccc(C(=O)O)cc32)CC1. The molecule has 1 N–H and O–H groups in total. The molecule has 1 aliphatic carbocycles. The van der Waals surface area contributed by atoms with Gasteiger partial charge in [-0.3, -0.25) is 0 Å². The normalized spacial score (nSPS) is 13.8. The molecule has 0 saturated heterocycles. The Balaban J connectivity index is 1.27. The Kier molecular flexibility index (Phi) is 7.37. The van der Waals surface area contributed by atoms with Crippen LogP contribution in [0, 0.1) is 29.8 Å². The van der Waals surface area contributed by atoms with Crippen LogP contribution in [0.15, 0.2) is 60.8 Å². The number of ether oxygens (including phenoxy) is 1. The van der Waals surface area contributed by atoms with E-state index in [9.17, 15) is 18.7 Å². The maximum Gasteiger partial charge on any atom is 0.335 e. The lowest BCUT2D eigenvalue weighted by molar-refractivity contribution is 0.0697. The Morgan fingerprint density at radius 3 is 2.51 bits per heavy atom. The smallest absolute Gasteiger partial charge is 0.335 e. The second-order valence-electron chi connectivity index (χ2n) is 11.2. The molecule has 2 aromatic heterocycles. The van der Waals surface area contributed by atoms with Crippen molar-refractivity contribution >= 4 is 17.0 Å². The van der Waals surface area contributed by atoms with E-state index in [0.717, 1.165) is 36.5 Å². The summed E-state index contributed by atoms with van der Waals surface area (Å²) in [6.45, 7) is 4.36. The number of benzene rings is 3. The molecule has 0 amide bonds. The Labute approximate surface area is 246 Å². The number of halogens is 3.